The number of ether oxygens (including phenoxy) is 3. The van der Waals surface area contributed by atoms with Crippen LogP contribution < -0.4 is 19.9 Å². The summed E-state index contributed by atoms with van der Waals surface area (Å²) >= 11 is 0. The van der Waals surface area contributed by atoms with Gasteiger partial charge in [-0.1, -0.05) is 133 Å². The van der Waals surface area contributed by atoms with Gasteiger partial charge in [-0.05, 0) is 85.3 Å². The van der Waals surface area contributed by atoms with Crippen LogP contribution in [-0.2, 0) is 70.3 Å². The molecule has 0 aromatic heterocycles. The summed E-state index contributed by atoms with van der Waals surface area (Å²) in [5.41, 5.74) is 3.56. The molecule has 1 aliphatic heterocycles. The van der Waals surface area contributed by atoms with Crippen molar-refractivity contribution in [3.8, 4) is 22.6 Å². The number of nitrogens with zero attached hydrogens (tertiary/aromatic N) is 1. The van der Waals surface area contributed by atoms with Gasteiger partial charge < -0.3 is 29.4 Å². The van der Waals surface area contributed by atoms with Crippen LogP contribution in [0.3, 0.4) is 0 Å². The van der Waals surface area contributed by atoms with Crippen molar-refractivity contribution in [2.75, 3.05) is 7.05 Å². The zero-order chi connectivity index (χ0) is 49.0. The lowest BCUT2D eigenvalue weighted by Gasteiger charge is -2.32. The van der Waals surface area contributed by atoms with Crippen molar-refractivity contribution in [2.24, 2.45) is 0 Å². The van der Waals surface area contributed by atoms with Crippen LogP contribution in [0.4, 0.5) is 4.79 Å². The quantitative estimate of drug-likeness (QED) is 0.0743. The smallest absolute Gasteiger partial charge is 0.488 e. The van der Waals surface area contributed by atoms with Crippen LogP contribution in [0.1, 0.15) is 67.1 Å². The van der Waals surface area contributed by atoms with Crippen LogP contribution in [-0.4, -0.2) is 53.5 Å². The minimum atomic E-state index is -4.52. The number of hydrogen-bond acceptors (Lipinski definition) is 11. The highest BCUT2D eigenvalue weighted by molar-refractivity contribution is 7.48. The van der Waals surface area contributed by atoms with Crippen molar-refractivity contribution in [1.82, 2.24) is 15.5 Å². The van der Waals surface area contributed by atoms with E-state index in [1.807, 2.05) is 121 Å². The minimum Gasteiger partial charge on any atom is -0.488 e. The molecule has 0 saturated carbocycles. The maximum absolute atomic E-state index is 15.1. The molecule has 69 heavy (non-hydrogen) atoms. The van der Waals surface area contributed by atoms with Crippen LogP contribution in [0, 0.1) is 0 Å². The summed E-state index contributed by atoms with van der Waals surface area (Å²) in [6.45, 7) is 6.39. The molecule has 0 saturated heterocycles. The standard InChI is InChI=1S/C54H56N3O11P/c1-37-50(58)56-46(52(60)64-34-39-20-12-7-13-21-39)31-42-26-28-47(63-33-38-18-10-6-11-19-38)44(30-42)45-32-43(49(51(59)55-37)57(5)53(61)67-54(2,3)4)27-29-48(45)68-69(62,65-35-40-22-14-8-15-23-40)66-36-41-24-16-9-17-25-41/h6-30,32,37,46,49H,31,33-36H2,1-5H3,(H,55,59)(H,56,58)/t37-,46-,49-/m0/s1. The Labute approximate surface area is 402 Å². The van der Waals surface area contributed by atoms with Gasteiger partial charge in [0.15, 0.2) is 0 Å². The Morgan fingerprint density at radius 2 is 1.14 bits per heavy atom. The van der Waals surface area contributed by atoms with E-state index in [4.69, 9.17) is 27.8 Å². The number of amides is 3. The van der Waals surface area contributed by atoms with E-state index in [0.29, 0.717) is 28.0 Å². The summed E-state index contributed by atoms with van der Waals surface area (Å²) in [5, 5.41) is 5.53. The Morgan fingerprint density at radius 3 is 1.70 bits per heavy atom. The first kappa shape index (κ1) is 49.6. The van der Waals surface area contributed by atoms with Crippen LogP contribution in [0.15, 0.2) is 158 Å². The number of esters is 1. The van der Waals surface area contributed by atoms with Gasteiger partial charge in [0.05, 0.1) is 13.2 Å². The Morgan fingerprint density at radius 1 is 0.638 bits per heavy atom. The van der Waals surface area contributed by atoms with E-state index in [1.165, 1.54) is 20.0 Å². The fourth-order valence-corrected chi connectivity index (χ4v) is 8.55. The van der Waals surface area contributed by atoms with Gasteiger partial charge in [0.2, 0.25) is 11.8 Å². The predicted molar refractivity (Wildman–Crippen MR) is 260 cm³/mol. The van der Waals surface area contributed by atoms with Gasteiger partial charge >= 0.3 is 19.9 Å². The highest BCUT2D eigenvalue weighted by Gasteiger charge is 2.37. The molecule has 0 radical (unpaired) electrons. The van der Waals surface area contributed by atoms with Crippen molar-refractivity contribution in [3.63, 3.8) is 0 Å². The molecular formula is C54H56N3O11P. The average molecular weight is 954 g/mol. The second-order valence-electron chi connectivity index (χ2n) is 17.5. The third kappa shape index (κ3) is 13.9. The molecule has 4 bridgehead atoms. The average Bonchev–Trinajstić information content (AvgIpc) is 3.34. The molecule has 358 valence electrons. The predicted octanol–water partition coefficient (Wildman–Crippen LogP) is 10.1. The number of hydrogen-bond donors (Lipinski definition) is 2. The molecule has 6 aromatic carbocycles. The van der Waals surface area contributed by atoms with Crippen LogP contribution in [0.5, 0.6) is 11.5 Å². The summed E-state index contributed by atoms with van der Waals surface area (Å²) in [5.74, 6) is -1.79. The van der Waals surface area contributed by atoms with Crippen molar-refractivity contribution in [2.45, 2.75) is 84.3 Å². The van der Waals surface area contributed by atoms with E-state index in [2.05, 4.69) is 10.6 Å². The number of carbonyl (C=O) groups is 4. The highest BCUT2D eigenvalue weighted by atomic mass is 31.2. The van der Waals surface area contributed by atoms with Crippen LogP contribution >= 0.6 is 7.82 Å². The molecule has 2 N–H and O–H groups in total. The Bertz CT molecular complexity index is 2710. The third-order valence-corrected chi connectivity index (χ3v) is 12.2. The number of fused-ring (bicyclic) bond motifs is 5. The fraction of sp³-hybridized carbons (Fsp3) is 0.259. The molecule has 14 nitrogen and oxygen atoms in total. The van der Waals surface area contributed by atoms with E-state index in [-0.39, 0.29) is 49.7 Å². The summed E-state index contributed by atoms with van der Waals surface area (Å²) in [6, 6.07) is 43.0. The van der Waals surface area contributed by atoms with Gasteiger partial charge in [0.1, 0.15) is 48.4 Å². The minimum absolute atomic E-state index is 0.0107. The van der Waals surface area contributed by atoms with E-state index < -0.39 is 55.4 Å². The number of phosphoric acid groups is 1. The monoisotopic (exact) mass is 953 g/mol. The zero-order valence-electron chi connectivity index (χ0n) is 39.2. The summed E-state index contributed by atoms with van der Waals surface area (Å²) in [6.07, 6.45) is -0.879. The Balaban J connectivity index is 1.39. The van der Waals surface area contributed by atoms with Crippen molar-refractivity contribution in [1.29, 1.82) is 0 Å². The summed E-state index contributed by atoms with van der Waals surface area (Å²) in [7, 11) is -3.11. The van der Waals surface area contributed by atoms with Gasteiger partial charge in [-0.15, -0.1) is 0 Å². The van der Waals surface area contributed by atoms with E-state index in [9.17, 15) is 19.2 Å². The van der Waals surface area contributed by atoms with Crippen molar-refractivity contribution < 1.29 is 51.5 Å². The lowest BCUT2D eigenvalue weighted by molar-refractivity contribution is -0.149. The van der Waals surface area contributed by atoms with Gasteiger partial charge in [-0.25, -0.2) is 14.2 Å². The second-order valence-corrected chi connectivity index (χ2v) is 19.1. The molecule has 7 rings (SSSR count). The molecule has 0 aliphatic carbocycles. The van der Waals surface area contributed by atoms with Crippen LogP contribution in [0.25, 0.3) is 11.1 Å². The first-order valence-electron chi connectivity index (χ1n) is 22.5. The molecule has 15 heteroatoms. The van der Waals surface area contributed by atoms with Gasteiger partial charge in [-0.2, -0.15) is 0 Å². The molecule has 0 unspecified atom stereocenters. The van der Waals surface area contributed by atoms with Crippen molar-refractivity contribution in [3.05, 3.63) is 191 Å². The maximum atomic E-state index is 15.1. The molecular weight excluding hydrogens is 898 g/mol. The SMILES string of the molecule is C[C@@H]1NC(=O)[C@@H](N(C)C(=O)OC(C)(C)C)c2ccc(OP(=O)(OCc3ccccc3)OCc3ccccc3)c(c2)-c2cc(ccc2OCc2ccccc2)C[C@@H](C(=O)OCc2ccccc2)NC1=O. The number of likely N-dealkylation sites (N-methyl/N-ethyl adjacent to an activating group) is 1. The van der Waals surface area contributed by atoms with Gasteiger partial charge in [-0.3, -0.25) is 23.5 Å². The number of rotatable bonds is 15. The van der Waals surface area contributed by atoms with Gasteiger partial charge in [0, 0.05) is 24.6 Å². The molecule has 1 aliphatic rings. The van der Waals surface area contributed by atoms with E-state index >= 15 is 4.57 Å². The first-order chi connectivity index (χ1) is 33.1. The maximum Gasteiger partial charge on any atom is 0.530 e. The summed E-state index contributed by atoms with van der Waals surface area (Å²) in [4.78, 5) is 57.5. The second kappa shape index (κ2) is 22.7. The van der Waals surface area contributed by atoms with Crippen molar-refractivity contribution >= 4 is 31.7 Å². The molecule has 0 spiro atoms. The molecule has 0 fully saturated rings. The largest absolute Gasteiger partial charge is 0.530 e. The Hall–Kier alpha value is -7.25. The fourth-order valence-electron chi connectivity index (χ4n) is 7.35. The normalized spacial score (nSPS) is 16.2. The molecule has 3 amide bonds. The third-order valence-electron chi connectivity index (χ3n) is 10.9. The number of phosphoric ester groups is 1. The topological polar surface area (TPSA) is 168 Å². The van der Waals surface area contributed by atoms with Gasteiger partial charge in [0.25, 0.3) is 0 Å². The molecule has 3 atom stereocenters. The number of benzene rings is 6. The summed E-state index contributed by atoms with van der Waals surface area (Å²) < 4.78 is 51.7. The first-order valence-corrected chi connectivity index (χ1v) is 24.0. The van der Waals surface area contributed by atoms with Crippen LogP contribution in [0.2, 0.25) is 0 Å². The Kier molecular flexibility index (Phi) is 16.3. The number of carbonyl (C=O) groups excluding carboxylic acids is 4. The van der Waals surface area contributed by atoms with E-state index in [1.54, 1.807) is 51.1 Å². The number of nitrogens with one attached hydrogen (secondary N) is 2. The lowest BCUT2D eigenvalue weighted by atomic mass is 9.94. The molecule has 1 heterocycles. The lowest BCUT2D eigenvalue weighted by Crippen LogP contribution is -2.53. The zero-order valence-corrected chi connectivity index (χ0v) is 40.1. The highest BCUT2D eigenvalue weighted by Crippen LogP contribution is 2.54. The van der Waals surface area contributed by atoms with E-state index in [0.717, 1.165) is 16.0 Å². The molecule has 6 aromatic rings.